The lowest BCUT2D eigenvalue weighted by Gasteiger charge is -2.37. The van der Waals surface area contributed by atoms with E-state index < -0.39 is 5.82 Å². The van der Waals surface area contributed by atoms with Crippen molar-refractivity contribution in [1.82, 2.24) is 14.9 Å². The van der Waals surface area contributed by atoms with Crippen molar-refractivity contribution < 1.29 is 9.18 Å². The van der Waals surface area contributed by atoms with Gasteiger partial charge >= 0.3 is 0 Å². The highest BCUT2D eigenvalue weighted by atomic mass is 19.1. The average Bonchev–Trinajstić information content (AvgIpc) is 2.90. The molecule has 6 nitrogen and oxygen atoms in total. The van der Waals surface area contributed by atoms with Crippen molar-refractivity contribution in [2.75, 3.05) is 43.9 Å². The van der Waals surface area contributed by atoms with Crippen LogP contribution in [0.2, 0.25) is 0 Å². The van der Waals surface area contributed by atoms with Gasteiger partial charge < -0.3 is 15.1 Å². The molecule has 1 aromatic rings. The van der Waals surface area contributed by atoms with E-state index in [2.05, 4.69) is 15.3 Å². The number of nitrogens with one attached hydrogen (secondary N) is 1. The molecule has 1 atom stereocenters. The Morgan fingerprint density at radius 3 is 2.95 bits per heavy atom. The van der Waals surface area contributed by atoms with E-state index in [0.717, 1.165) is 32.4 Å². The van der Waals surface area contributed by atoms with Crippen LogP contribution in [-0.2, 0) is 4.79 Å². The van der Waals surface area contributed by atoms with Crippen molar-refractivity contribution >= 4 is 17.7 Å². The first-order valence-corrected chi connectivity index (χ1v) is 7.26. The van der Waals surface area contributed by atoms with Gasteiger partial charge in [0.25, 0.3) is 0 Å². The molecule has 3 heterocycles. The number of aromatic nitrogens is 2. The summed E-state index contributed by atoms with van der Waals surface area (Å²) in [6.07, 6.45) is 3.93. The van der Waals surface area contributed by atoms with E-state index in [-0.39, 0.29) is 17.1 Å². The minimum absolute atomic E-state index is 0.188. The molecule has 3 rings (SSSR count). The summed E-state index contributed by atoms with van der Waals surface area (Å²) in [6, 6.07) is 0. The third-order valence-corrected chi connectivity index (χ3v) is 4.55. The van der Waals surface area contributed by atoms with Gasteiger partial charge in [-0.1, -0.05) is 0 Å². The van der Waals surface area contributed by atoms with E-state index in [4.69, 9.17) is 0 Å². The maximum absolute atomic E-state index is 13.5. The summed E-state index contributed by atoms with van der Waals surface area (Å²) in [5.41, 5.74) is -0.315. The van der Waals surface area contributed by atoms with Gasteiger partial charge in [-0.15, -0.1) is 0 Å². The molecule has 1 amide bonds. The van der Waals surface area contributed by atoms with E-state index in [0.29, 0.717) is 12.5 Å². The first kappa shape index (κ1) is 14.0. The summed E-state index contributed by atoms with van der Waals surface area (Å²) in [6.45, 7) is 2.18. The lowest BCUT2D eigenvalue weighted by atomic mass is 9.78. The number of halogens is 1. The van der Waals surface area contributed by atoms with Crippen LogP contribution < -0.4 is 10.2 Å². The van der Waals surface area contributed by atoms with E-state index in [1.54, 1.807) is 7.05 Å². The zero-order chi connectivity index (χ0) is 15.0. The molecule has 2 aliphatic heterocycles. The van der Waals surface area contributed by atoms with Crippen LogP contribution in [0, 0.1) is 11.2 Å². The third-order valence-electron chi connectivity index (χ3n) is 4.55. The number of hydrogen-bond donors (Lipinski definition) is 1. The first-order chi connectivity index (χ1) is 10.1. The second kappa shape index (κ2) is 5.13. The fourth-order valence-electron chi connectivity index (χ4n) is 3.38. The van der Waals surface area contributed by atoms with Crippen LogP contribution in [0.1, 0.15) is 19.3 Å². The Balaban J connectivity index is 1.82. The molecule has 7 heteroatoms. The number of carbonyl (C=O) groups excluding carboxylic acids is 1. The Morgan fingerprint density at radius 1 is 1.38 bits per heavy atom. The van der Waals surface area contributed by atoms with E-state index >= 15 is 0 Å². The van der Waals surface area contributed by atoms with E-state index in [1.807, 2.05) is 16.8 Å². The molecular formula is C14H20FN5O. The molecule has 2 fully saturated rings. The number of amides is 1. The van der Waals surface area contributed by atoms with Gasteiger partial charge in [0.2, 0.25) is 11.9 Å². The van der Waals surface area contributed by atoms with Gasteiger partial charge in [0.1, 0.15) is 0 Å². The smallest absolute Gasteiger partial charge is 0.230 e. The van der Waals surface area contributed by atoms with Gasteiger partial charge in [-0.25, -0.2) is 9.37 Å². The highest BCUT2D eigenvalue weighted by Crippen LogP contribution is 2.40. The molecule has 1 aromatic heterocycles. The minimum Gasteiger partial charge on any atom is -0.371 e. The summed E-state index contributed by atoms with van der Waals surface area (Å²) in [7, 11) is 3.49. The van der Waals surface area contributed by atoms with Gasteiger partial charge in [-0.2, -0.15) is 4.98 Å². The quantitative estimate of drug-likeness (QED) is 0.885. The third kappa shape index (κ3) is 2.30. The largest absolute Gasteiger partial charge is 0.371 e. The van der Waals surface area contributed by atoms with Crippen LogP contribution in [0.4, 0.5) is 16.2 Å². The number of hydrogen-bond acceptors (Lipinski definition) is 5. The molecule has 0 radical (unpaired) electrons. The molecule has 21 heavy (non-hydrogen) atoms. The second-order valence-corrected chi connectivity index (χ2v) is 5.90. The monoisotopic (exact) mass is 293 g/mol. The summed E-state index contributed by atoms with van der Waals surface area (Å²) >= 11 is 0. The fraction of sp³-hybridized carbons (Fsp3) is 0.643. The zero-order valence-corrected chi connectivity index (χ0v) is 12.4. The van der Waals surface area contributed by atoms with Crippen molar-refractivity contribution in [3.8, 4) is 0 Å². The number of piperidine rings is 1. The Bertz CT molecular complexity index is 566. The molecule has 1 spiro atoms. The first-order valence-electron chi connectivity index (χ1n) is 7.26. The lowest BCUT2D eigenvalue weighted by molar-refractivity contribution is -0.143. The molecule has 0 aromatic carbocycles. The summed E-state index contributed by atoms with van der Waals surface area (Å²) < 4.78 is 13.5. The van der Waals surface area contributed by atoms with Crippen molar-refractivity contribution in [1.29, 1.82) is 0 Å². The maximum Gasteiger partial charge on any atom is 0.230 e. The van der Waals surface area contributed by atoms with Gasteiger partial charge in [-0.3, -0.25) is 4.79 Å². The zero-order valence-electron chi connectivity index (χ0n) is 12.4. The molecule has 1 unspecified atom stereocenters. The molecule has 0 aliphatic carbocycles. The summed E-state index contributed by atoms with van der Waals surface area (Å²) in [4.78, 5) is 24.6. The fourth-order valence-corrected chi connectivity index (χ4v) is 3.38. The maximum atomic E-state index is 13.5. The Morgan fingerprint density at radius 2 is 2.19 bits per heavy atom. The normalized spacial score (nSPS) is 25.8. The minimum atomic E-state index is -0.469. The lowest BCUT2D eigenvalue weighted by Crippen LogP contribution is -2.48. The Kier molecular flexibility index (Phi) is 3.43. The van der Waals surface area contributed by atoms with Crippen LogP contribution in [0.5, 0.6) is 0 Å². The van der Waals surface area contributed by atoms with Crippen LogP contribution in [-0.4, -0.2) is 54.5 Å². The average molecular weight is 293 g/mol. The highest BCUT2D eigenvalue weighted by molar-refractivity contribution is 5.84. The van der Waals surface area contributed by atoms with E-state index in [1.165, 1.54) is 6.20 Å². The van der Waals surface area contributed by atoms with Crippen molar-refractivity contribution in [2.45, 2.75) is 19.3 Å². The number of likely N-dealkylation sites (tertiary alicyclic amines) is 1. The summed E-state index contributed by atoms with van der Waals surface area (Å²) in [5, 5.41) is 2.72. The van der Waals surface area contributed by atoms with Gasteiger partial charge in [-0.05, 0) is 19.3 Å². The Hall–Kier alpha value is -1.92. The van der Waals surface area contributed by atoms with Crippen molar-refractivity contribution in [3.05, 3.63) is 12.0 Å². The van der Waals surface area contributed by atoms with Crippen LogP contribution in [0.3, 0.4) is 0 Å². The predicted octanol–water partition coefficient (Wildman–Crippen LogP) is 1.11. The molecule has 2 aliphatic rings. The number of carbonyl (C=O) groups is 1. The number of rotatable bonds is 2. The molecule has 1 N–H and O–H groups in total. The van der Waals surface area contributed by atoms with Gasteiger partial charge in [0, 0.05) is 33.7 Å². The van der Waals surface area contributed by atoms with Gasteiger partial charge in [0.05, 0.1) is 11.6 Å². The van der Waals surface area contributed by atoms with Crippen LogP contribution in [0.25, 0.3) is 0 Å². The van der Waals surface area contributed by atoms with Crippen molar-refractivity contribution in [2.24, 2.45) is 5.41 Å². The number of nitrogens with zero attached hydrogens (tertiary/aromatic N) is 4. The predicted molar refractivity (Wildman–Crippen MR) is 77.7 cm³/mol. The van der Waals surface area contributed by atoms with Gasteiger partial charge in [0.15, 0.2) is 11.6 Å². The molecule has 114 valence electrons. The molecular weight excluding hydrogens is 273 g/mol. The SMILES string of the molecule is CNc1nc(N2CCC3(CCCN(C)C3=O)C2)ncc1F. The standard InChI is InChI=1S/C14H20FN5O/c1-16-11-10(15)8-17-13(18-11)20-7-5-14(9-20)4-3-6-19(2)12(14)21/h8H,3-7,9H2,1-2H3,(H,16,17,18). The Labute approximate surface area is 123 Å². The molecule has 0 saturated carbocycles. The van der Waals surface area contributed by atoms with Crippen LogP contribution >= 0.6 is 0 Å². The van der Waals surface area contributed by atoms with E-state index in [9.17, 15) is 9.18 Å². The molecule has 0 bridgehead atoms. The topological polar surface area (TPSA) is 61.4 Å². The molecule has 2 saturated heterocycles. The van der Waals surface area contributed by atoms with Crippen LogP contribution in [0.15, 0.2) is 6.20 Å². The second-order valence-electron chi connectivity index (χ2n) is 5.90. The van der Waals surface area contributed by atoms with Crippen molar-refractivity contribution in [3.63, 3.8) is 0 Å². The number of anilines is 2. The highest BCUT2D eigenvalue weighted by Gasteiger charge is 2.48. The summed E-state index contributed by atoms with van der Waals surface area (Å²) in [5.74, 6) is 0.419.